The maximum Gasteiger partial charge on any atom is 0.354 e. The summed E-state index contributed by atoms with van der Waals surface area (Å²) in [5, 5.41) is 3.12. The molecule has 0 saturated heterocycles. The lowest BCUT2D eigenvalue weighted by Gasteiger charge is -2.10. The molecule has 5 nitrogen and oxygen atoms in total. The molecule has 0 saturated carbocycles. The Morgan fingerprint density at radius 3 is 2.58 bits per heavy atom. The fourth-order valence-electron chi connectivity index (χ4n) is 1.17. The molecule has 1 rings (SSSR count). The van der Waals surface area contributed by atoms with Crippen LogP contribution in [0.3, 0.4) is 0 Å². The summed E-state index contributed by atoms with van der Waals surface area (Å²) in [6.45, 7) is 0. The summed E-state index contributed by atoms with van der Waals surface area (Å²) in [7, 11) is 2.41. The third kappa shape index (κ3) is 4.57. The van der Waals surface area contributed by atoms with Gasteiger partial charge in [-0.3, -0.25) is 0 Å². The molecule has 7 heteroatoms. The van der Waals surface area contributed by atoms with Crippen molar-refractivity contribution in [3.05, 3.63) is 39.5 Å². The zero-order valence-electron chi connectivity index (χ0n) is 10.2. The van der Waals surface area contributed by atoms with Gasteiger partial charge in [-0.05, 0) is 18.2 Å². The largest absolute Gasteiger partial charge is 0.466 e. The summed E-state index contributed by atoms with van der Waals surface area (Å²) in [6.07, 6.45) is 0.989. The number of benzene rings is 1. The van der Waals surface area contributed by atoms with E-state index in [-0.39, 0.29) is 5.70 Å². The summed E-state index contributed by atoms with van der Waals surface area (Å²) in [5.74, 6) is -1.39. The Kier molecular flexibility index (Phi) is 5.85. The van der Waals surface area contributed by atoms with E-state index in [2.05, 4.69) is 30.7 Å². The van der Waals surface area contributed by atoms with Crippen LogP contribution in [-0.2, 0) is 19.1 Å². The minimum Gasteiger partial charge on any atom is -0.466 e. The van der Waals surface area contributed by atoms with Crippen LogP contribution < -0.4 is 5.32 Å². The molecule has 1 aromatic rings. The number of nitrogens with one attached hydrogen (secondary N) is 1. The van der Waals surface area contributed by atoms with Gasteiger partial charge in [-0.2, -0.15) is 0 Å². The van der Waals surface area contributed by atoms with E-state index in [1.54, 1.807) is 18.2 Å². The van der Waals surface area contributed by atoms with Crippen LogP contribution in [0.4, 0.5) is 5.69 Å². The molecule has 0 aliphatic heterocycles. The lowest BCUT2D eigenvalue weighted by Crippen LogP contribution is -2.15. The molecule has 0 aliphatic rings. The van der Waals surface area contributed by atoms with Gasteiger partial charge in [0.2, 0.25) is 0 Å². The van der Waals surface area contributed by atoms with Gasteiger partial charge in [0.25, 0.3) is 0 Å². The van der Waals surface area contributed by atoms with Gasteiger partial charge in [-0.25, -0.2) is 9.59 Å². The highest BCUT2D eigenvalue weighted by Crippen LogP contribution is 2.27. The minimum absolute atomic E-state index is 0.0747. The second-order valence-electron chi connectivity index (χ2n) is 3.32. The lowest BCUT2D eigenvalue weighted by molar-refractivity contribution is -0.138. The number of esters is 2. The number of anilines is 1. The Labute approximate surface area is 123 Å². The second-order valence-corrected chi connectivity index (χ2v) is 4.64. The monoisotopic (exact) mass is 347 g/mol. The molecule has 19 heavy (non-hydrogen) atoms. The molecule has 0 radical (unpaired) electrons. The number of hydrogen-bond acceptors (Lipinski definition) is 5. The fraction of sp³-hybridized carbons (Fsp3) is 0.167. The van der Waals surface area contributed by atoms with Crippen molar-refractivity contribution in [3.63, 3.8) is 0 Å². The van der Waals surface area contributed by atoms with E-state index in [1.807, 2.05) is 0 Å². The van der Waals surface area contributed by atoms with E-state index in [9.17, 15) is 9.59 Å². The first kappa shape index (κ1) is 15.5. The van der Waals surface area contributed by atoms with Crippen molar-refractivity contribution in [1.82, 2.24) is 0 Å². The van der Waals surface area contributed by atoms with Gasteiger partial charge in [-0.15, -0.1) is 0 Å². The van der Waals surface area contributed by atoms with Gasteiger partial charge >= 0.3 is 11.9 Å². The van der Waals surface area contributed by atoms with Crippen molar-refractivity contribution in [3.8, 4) is 0 Å². The first-order valence-electron chi connectivity index (χ1n) is 5.08. The van der Waals surface area contributed by atoms with E-state index in [4.69, 9.17) is 11.6 Å². The van der Waals surface area contributed by atoms with Gasteiger partial charge in [-0.1, -0.05) is 27.5 Å². The van der Waals surface area contributed by atoms with Crippen molar-refractivity contribution < 1.29 is 19.1 Å². The zero-order valence-corrected chi connectivity index (χ0v) is 12.5. The quantitative estimate of drug-likeness (QED) is 0.669. The van der Waals surface area contributed by atoms with E-state index < -0.39 is 11.9 Å². The standard InChI is InChI=1S/C12H11BrClNO4/c1-18-11(16)6-10(12(17)19-2)15-9-5-7(13)3-4-8(9)14/h3-6,15H,1-2H3/b10-6+. The highest BCUT2D eigenvalue weighted by Gasteiger charge is 2.14. The smallest absolute Gasteiger partial charge is 0.354 e. The number of ether oxygens (including phenoxy) is 2. The summed E-state index contributed by atoms with van der Waals surface area (Å²) in [4.78, 5) is 22.7. The highest BCUT2D eigenvalue weighted by molar-refractivity contribution is 9.10. The fourth-order valence-corrected chi connectivity index (χ4v) is 1.70. The Morgan fingerprint density at radius 1 is 1.32 bits per heavy atom. The summed E-state index contributed by atoms with van der Waals surface area (Å²) in [6, 6.07) is 5.05. The predicted octanol–water partition coefficient (Wildman–Crippen LogP) is 2.74. The number of rotatable bonds is 4. The number of halogens is 2. The minimum atomic E-state index is -0.707. The van der Waals surface area contributed by atoms with Crippen LogP contribution in [0.15, 0.2) is 34.4 Å². The SMILES string of the molecule is COC(=O)/C=C(/Nc1cc(Br)ccc1Cl)C(=O)OC. The van der Waals surface area contributed by atoms with Crippen LogP contribution in [0.25, 0.3) is 0 Å². The van der Waals surface area contributed by atoms with Gasteiger partial charge in [0.05, 0.1) is 31.0 Å². The molecule has 0 unspecified atom stereocenters. The van der Waals surface area contributed by atoms with Gasteiger partial charge in [0.15, 0.2) is 0 Å². The number of methoxy groups -OCH3 is 2. The zero-order chi connectivity index (χ0) is 14.4. The van der Waals surface area contributed by atoms with Crippen LogP contribution in [-0.4, -0.2) is 26.2 Å². The Bertz CT molecular complexity index is 530. The molecule has 0 heterocycles. The van der Waals surface area contributed by atoms with E-state index in [0.29, 0.717) is 10.7 Å². The van der Waals surface area contributed by atoms with Crippen molar-refractivity contribution in [2.45, 2.75) is 0 Å². The van der Waals surface area contributed by atoms with Crippen molar-refractivity contribution in [2.75, 3.05) is 19.5 Å². The molecule has 0 bridgehead atoms. The molecule has 0 spiro atoms. The van der Waals surface area contributed by atoms with E-state index in [0.717, 1.165) is 10.5 Å². The summed E-state index contributed by atoms with van der Waals surface area (Å²) in [5.41, 5.74) is 0.381. The van der Waals surface area contributed by atoms with Crippen molar-refractivity contribution in [2.24, 2.45) is 0 Å². The lowest BCUT2D eigenvalue weighted by atomic mass is 10.3. The maximum atomic E-state index is 11.5. The molecule has 102 valence electrons. The molecule has 1 N–H and O–H groups in total. The molecule has 1 aromatic carbocycles. The van der Waals surface area contributed by atoms with Crippen molar-refractivity contribution >= 4 is 45.2 Å². The van der Waals surface area contributed by atoms with Crippen LogP contribution >= 0.6 is 27.5 Å². The third-order valence-electron chi connectivity index (χ3n) is 2.07. The Hall–Kier alpha value is -1.53. The van der Waals surface area contributed by atoms with Crippen LogP contribution in [0, 0.1) is 0 Å². The molecule has 0 atom stereocenters. The van der Waals surface area contributed by atoms with Crippen LogP contribution in [0.5, 0.6) is 0 Å². The molecule has 0 aromatic heterocycles. The van der Waals surface area contributed by atoms with Crippen LogP contribution in [0.2, 0.25) is 5.02 Å². The molecule has 0 amide bonds. The van der Waals surface area contributed by atoms with Gasteiger partial charge < -0.3 is 14.8 Å². The first-order valence-corrected chi connectivity index (χ1v) is 6.25. The molecule has 0 aliphatic carbocycles. The predicted molar refractivity (Wildman–Crippen MR) is 74.9 cm³/mol. The number of carbonyl (C=O) groups is 2. The average molecular weight is 349 g/mol. The maximum absolute atomic E-state index is 11.5. The summed E-state index contributed by atoms with van der Waals surface area (Å²) < 4.78 is 9.79. The normalized spacial score (nSPS) is 10.8. The van der Waals surface area contributed by atoms with E-state index in [1.165, 1.54) is 14.2 Å². The van der Waals surface area contributed by atoms with Crippen LogP contribution in [0.1, 0.15) is 0 Å². The topological polar surface area (TPSA) is 64.6 Å². The average Bonchev–Trinajstić information content (AvgIpc) is 2.40. The summed E-state index contributed by atoms with van der Waals surface area (Å²) >= 11 is 9.26. The van der Waals surface area contributed by atoms with Crippen molar-refractivity contribution in [1.29, 1.82) is 0 Å². The third-order valence-corrected chi connectivity index (χ3v) is 2.89. The number of carbonyl (C=O) groups excluding carboxylic acids is 2. The number of hydrogen-bond donors (Lipinski definition) is 1. The highest BCUT2D eigenvalue weighted by atomic mass is 79.9. The molecular weight excluding hydrogens is 337 g/mol. The van der Waals surface area contributed by atoms with Gasteiger partial charge in [0.1, 0.15) is 5.70 Å². The molecule has 0 fully saturated rings. The molecular formula is C12H11BrClNO4. The van der Waals surface area contributed by atoms with E-state index >= 15 is 0 Å². The Morgan fingerprint density at radius 2 is 2.00 bits per heavy atom. The second kappa shape index (κ2) is 7.16. The van der Waals surface area contributed by atoms with Gasteiger partial charge in [0, 0.05) is 4.47 Å². The first-order chi connectivity index (χ1) is 8.97. The Balaban J connectivity index is 3.07.